The molecule has 144 valence electrons. The molecule has 1 aromatic heterocycles. The second-order valence-corrected chi connectivity index (χ2v) is 8.37. The van der Waals surface area contributed by atoms with Crippen LogP contribution in [0.4, 0.5) is 22.0 Å². The Labute approximate surface area is 157 Å². The van der Waals surface area contributed by atoms with Gasteiger partial charge in [-0.3, -0.25) is 4.79 Å². The zero-order valence-electron chi connectivity index (χ0n) is 12.8. The first-order valence-electron chi connectivity index (χ1n) is 6.66. The molecule has 27 heavy (non-hydrogen) atoms. The van der Waals surface area contributed by atoms with E-state index in [1.54, 1.807) is 0 Å². The molecule has 1 heterocycles. The smallest absolute Gasteiger partial charge is 0.267 e. The van der Waals surface area contributed by atoms with Crippen LogP contribution in [0, 0.1) is 11.3 Å². The summed E-state index contributed by atoms with van der Waals surface area (Å²) in [5.74, 6) is -4.11. The molecule has 1 aromatic carbocycles. The van der Waals surface area contributed by atoms with Crippen molar-refractivity contribution in [2.45, 2.75) is 21.7 Å². The molecule has 0 saturated carbocycles. The number of nitrogens with one attached hydrogen (secondary N) is 1. The maximum Gasteiger partial charge on any atom is 0.417 e. The van der Waals surface area contributed by atoms with Crippen LogP contribution in [0.1, 0.15) is 20.8 Å². The monoisotopic (exact) mass is 442 g/mol. The van der Waals surface area contributed by atoms with Crippen LogP contribution in [0.2, 0.25) is 0 Å². The van der Waals surface area contributed by atoms with Crippen molar-refractivity contribution in [3.8, 4) is 6.07 Å². The zero-order chi connectivity index (χ0) is 20.4. The molecule has 0 aliphatic rings. The van der Waals surface area contributed by atoms with E-state index >= 15 is 0 Å². The summed E-state index contributed by atoms with van der Waals surface area (Å²) in [4.78, 5) is 10.7. The van der Waals surface area contributed by atoms with Gasteiger partial charge in [-0.2, -0.15) is 27.2 Å². The van der Waals surface area contributed by atoms with Crippen LogP contribution in [0.25, 0.3) is 0 Å². The Bertz CT molecular complexity index is 1010. The highest BCUT2D eigenvalue weighted by Crippen LogP contribution is 2.34. The van der Waals surface area contributed by atoms with Gasteiger partial charge in [-0.05, 0) is 29.6 Å². The molecule has 0 spiro atoms. The molecule has 0 bridgehead atoms. The van der Waals surface area contributed by atoms with Gasteiger partial charge in [0.25, 0.3) is 21.7 Å². The largest absolute Gasteiger partial charge is 0.417 e. The van der Waals surface area contributed by atoms with E-state index in [0.717, 1.165) is 6.07 Å². The fourth-order valence-electron chi connectivity index (χ4n) is 1.90. The quantitative estimate of drug-likeness (QED) is 0.557. The van der Waals surface area contributed by atoms with Gasteiger partial charge in [-0.25, -0.2) is 13.1 Å². The van der Waals surface area contributed by atoms with Gasteiger partial charge in [0.2, 0.25) is 0 Å². The first-order chi connectivity index (χ1) is 12.5. The topological polar surface area (TPSA) is 87.0 Å². The molecular formula is C14H7F5N2O3S3. The van der Waals surface area contributed by atoms with Gasteiger partial charge in [0.1, 0.15) is 4.88 Å². The molecule has 1 N–H and O–H groups in total. The summed E-state index contributed by atoms with van der Waals surface area (Å²) in [6.45, 7) is 0. The minimum Gasteiger partial charge on any atom is -0.267 e. The number of alkyl halides is 5. The van der Waals surface area contributed by atoms with Crippen LogP contribution in [0.15, 0.2) is 39.4 Å². The Balaban J connectivity index is 2.36. The number of thiophene rings is 1. The van der Waals surface area contributed by atoms with Crippen molar-refractivity contribution in [1.82, 2.24) is 4.72 Å². The molecule has 1 amide bonds. The highest BCUT2D eigenvalue weighted by atomic mass is 32.2. The van der Waals surface area contributed by atoms with Crippen molar-refractivity contribution in [3.05, 3.63) is 45.6 Å². The van der Waals surface area contributed by atoms with Crippen LogP contribution in [-0.4, -0.2) is 20.1 Å². The van der Waals surface area contributed by atoms with Gasteiger partial charge in [0, 0.05) is 4.90 Å². The van der Waals surface area contributed by atoms with E-state index < -0.39 is 43.9 Å². The molecule has 0 fully saturated rings. The number of carbonyl (C=O) groups is 1. The number of hydrogen-bond donors (Lipinski definition) is 1. The highest BCUT2D eigenvalue weighted by molar-refractivity contribution is 7.99. The number of thioether (sulfide) groups is 1. The minimum atomic E-state index is -4.99. The third-order valence-electron chi connectivity index (χ3n) is 3.01. The Morgan fingerprint density at radius 2 is 1.93 bits per heavy atom. The van der Waals surface area contributed by atoms with Crippen LogP contribution < -0.4 is 4.72 Å². The van der Waals surface area contributed by atoms with Crippen molar-refractivity contribution < 1.29 is 35.2 Å². The molecule has 0 radical (unpaired) electrons. The Morgan fingerprint density at radius 1 is 1.26 bits per heavy atom. The Morgan fingerprint density at radius 3 is 2.48 bits per heavy atom. The number of nitrogens with zero attached hydrogens (tertiary/aromatic N) is 1. The summed E-state index contributed by atoms with van der Waals surface area (Å²) < 4.78 is 89.8. The lowest BCUT2D eigenvalue weighted by Gasteiger charge is -2.12. The number of halogens is 5. The van der Waals surface area contributed by atoms with Gasteiger partial charge in [0.15, 0.2) is 0 Å². The first-order valence-corrected chi connectivity index (χ1v) is 9.90. The van der Waals surface area contributed by atoms with Gasteiger partial charge in [-0.15, -0.1) is 11.3 Å². The van der Waals surface area contributed by atoms with E-state index in [9.17, 15) is 35.2 Å². The van der Waals surface area contributed by atoms with Gasteiger partial charge >= 0.3 is 6.18 Å². The molecule has 0 saturated heterocycles. The molecule has 13 heteroatoms. The first kappa shape index (κ1) is 21.1. The van der Waals surface area contributed by atoms with E-state index in [1.807, 2.05) is 0 Å². The molecule has 0 atom stereocenters. The van der Waals surface area contributed by atoms with E-state index in [0.29, 0.717) is 17.4 Å². The van der Waals surface area contributed by atoms with Crippen LogP contribution >= 0.6 is 23.1 Å². The molecule has 0 aliphatic carbocycles. The van der Waals surface area contributed by atoms with E-state index in [1.165, 1.54) is 22.2 Å². The molecule has 0 aliphatic heterocycles. The average molecular weight is 442 g/mol. The third-order valence-corrected chi connectivity index (χ3v) is 6.15. The predicted octanol–water partition coefficient (Wildman–Crippen LogP) is 4.07. The van der Waals surface area contributed by atoms with Crippen molar-refractivity contribution in [2.24, 2.45) is 0 Å². The number of amides is 1. The van der Waals surface area contributed by atoms with E-state index in [4.69, 9.17) is 5.26 Å². The number of sulfonamides is 1. The molecule has 5 nitrogen and oxygen atoms in total. The van der Waals surface area contributed by atoms with Crippen molar-refractivity contribution >= 4 is 39.0 Å². The van der Waals surface area contributed by atoms with Crippen LogP contribution in [0.5, 0.6) is 0 Å². The lowest BCUT2D eigenvalue weighted by atomic mass is 10.1. The standard InChI is InChI=1S/C14H7F5N2O3S3/c15-13(16)26-10-3-4-25-11(10)12(22)21-27(23,24)8-2-1-7(6-20)9(5-8)14(17,18)19/h1-5,13H,(H,21,22). The van der Waals surface area contributed by atoms with Gasteiger partial charge < -0.3 is 0 Å². The summed E-state index contributed by atoms with van der Waals surface area (Å²) in [6.07, 6.45) is -4.99. The second kappa shape index (κ2) is 7.83. The lowest BCUT2D eigenvalue weighted by Crippen LogP contribution is -2.30. The molecular weight excluding hydrogens is 435 g/mol. The number of rotatable bonds is 5. The van der Waals surface area contributed by atoms with Crippen LogP contribution in [0.3, 0.4) is 0 Å². The number of hydrogen-bond acceptors (Lipinski definition) is 6. The maximum absolute atomic E-state index is 13.0. The summed E-state index contributed by atoms with van der Waals surface area (Å²) in [5.41, 5.74) is -2.27. The predicted molar refractivity (Wildman–Crippen MR) is 87.0 cm³/mol. The SMILES string of the molecule is N#Cc1ccc(S(=O)(=O)NC(=O)c2sccc2SC(F)F)cc1C(F)(F)F. The second-order valence-electron chi connectivity index (χ2n) is 4.74. The summed E-state index contributed by atoms with van der Waals surface area (Å²) in [6, 6.07) is 4.09. The van der Waals surface area contributed by atoms with Crippen molar-refractivity contribution in [2.75, 3.05) is 0 Å². The molecule has 2 aromatic rings. The minimum absolute atomic E-state index is 0.0292. The summed E-state index contributed by atoms with van der Waals surface area (Å²) in [5, 5.41) is 10.0. The Kier molecular flexibility index (Phi) is 6.13. The lowest BCUT2D eigenvalue weighted by molar-refractivity contribution is -0.137. The highest BCUT2D eigenvalue weighted by Gasteiger charge is 2.35. The number of nitriles is 1. The number of benzene rings is 1. The molecule has 0 unspecified atom stereocenters. The van der Waals surface area contributed by atoms with Crippen LogP contribution in [-0.2, 0) is 16.2 Å². The molecule has 2 rings (SSSR count). The van der Waals surface area contributed by atoms with E-state index in [-0.39, 0.29) is 27.6 Å². The fraction of sp³-hybridized carbons (Fsp3) is 0.143. The zero-order valence-corrected chi connectivity index (χ0v) is 15.2. The summed E-state index contributed by atoms with van der Waals surface area (Å²) in [7, 11) is -4.74. The van der Waals surface area contributed by atoms with Crippen molar-refractivity contribution in [3.63, 3.8) is 0 Å². The fourth-order valence-corrected chi connectivity index (χ4v) is 4.55. The normalized spacial score (nSPS) is 12.0. The van der Waals surface area contributed by atoms with Gasteiger partial charge in [-0.1, -0.05) is 11.8 Å². The summed E-state index contributed by atoms with van der Waals surface area (Å²) >= 11 is 0.725. The Hall–Kier alpha value is -2.17. The van der Waals surface area contributed by atoms with Gasteiger partial charge in [0.05, 0.1) is 22.1 Å². The maximum atomic E-state index is 13.0. The number of carbonyl (C=O) groups excluding carboxylic acids is 1. The third kappa shape index (κ3) is 4.96. The average Bonchev–Trinajstić information content (AvgIpc) is 3.00. The van der Waals surface area contributed by atoms with E-state index in [2.05, 4.69) is 0 Å². The van der Waals surface area contributed by atoms with Crippen molar-refractivity contribution in [1.29, 1.82) is 5.26 Å².